The highest BCUT2D eigenvalue weighted by molar-refractivity contribution is 6.22. The zero-order chi connectivity index (χ0) is 34.4. The fourth-order valence-electron chi connectivity index (χ4n) is 7.81. The summed E-state index contributed by atoms with van der Waals surface area (Å²) in [5.41, 5.74) is 12.2. The second kappa shape index (κ2) is 12.5. The topological polar surface area (TPSA) is 16.4 Å². The van der Waals surface area contributed by atoms with E-state index in [1.54, 1.807) is 0 Å². The average molecular weight is 664 g/mol. The molecule has 2 heteroatoms. The van der Waals surface area contributed by atoms with Crippen LogP contribution >= 0.6 is 0 Å². The van der Waals surface area contributed by atoms with Crippen LogP contribution in [0.5, 0.6) is 0 Å². The first-order valence-corrected chi connectivity index (χ1v) is 17.8. The Bertz CT molecular complexity index is 2870. The first-order valence-electron chi connectivity index (χ1n) is 17.8. The van der Waals surface area contributed by atoms with E-state index in [0.29, 0.717) is 0 Å². The minimum absolute atomic E-state index is 0.884. The van der Waals surface area contributed by atoms with Gasteiger partial charge in [0.1, 0.15) is 11.2 Å². The van der Waals surface area contributed by atoms with Crippen molar-refractivity contribution in [2.45, 2.75) is 0 Å². The molecule has 0 aliphatic heterocycles. The lowest BCUT2D eigenvalue weighted by Gasteiger charge is -2.27. The molecule has 10 rings (SSSR count). The third-order valence-corrected chi connectivity index (χ3v) is 10.2. The maximum atomic E-state index is 6.64. The van der Waals surface area contributed by atoms with Crippen molar-refractivity contribution in [3.05, 3.63) is 200 Å². The van der Waals surface area contributed by atoms with Crippen LogP contribution in [0, 0.1) is 0 Å². The molecule has 244 valence electrons. The van der Waals surface area contributed by atoms with Gasteiger partial charge in [-0.3, -0.25) is 0 Å². The predicted molar refractivity (Wildman–Crippen MR) is 220 cm³/mol. The average Bonchev–Trinajstić information content (AvgIpc) is 3.62. The molecule has 0 fully saturated rings. The lowest BCUT2D eigenvalue weighted by molar-refractivity contribution is 0.672. The van der Waals surface area contributed by atoms with Crippen LogP contribution in [0.25, 0.3) is 76.9 Å². The molecule has 0 unspecified atom stereocenters. The molecule has 1 heterocycles. The van der Waals surface area contributed by atoms with Crippen LogP contribution in [0.3, 0.4) is 0 Å². The Morgan fingerprint density at radius 2 is 0.846 bits per heavy atom. The second-order valence-corrected chi connectivity index (χ2v) is 13.3. The Morgan fingerprint density at radius 1 is 0.346 bits per heavy atom. The van der Waals surface area contributed by atoms with E-state index in [2.05, 4.69) is 199 Å². The van der Waals surface area contributed by atoms with Crippen LogP contribution < -0.4 is 4.90 Å². The van der Waals surface area contributed by atoms with Crippen LogP contribution in [0.4, 0.5) is 17.1 Å². The van der Waals surface area contributed by atoms with E-state index < -0.39 is 0 Å². The van der Waals surface area contributed by atoms with Gasteiger partial charge < -0.3 is 9.32 Å². The molecule has 0 atom stereocenters. The number of para-hydroxylation sites is 1. The fourth-order valence-corrected chi connectivity index (χ4v) is 7.81. The van der Waals surface area contributed by atoms with E-state index in [-0.39, 0.29) is 0 Å². The van der Waals surface area contributed by atoms with Crippen LogP contribution in [-0.4, -0.2) is 0 Å². The molecule has 0 saturated carbocycles. The molecule has 10 aromatic rings. The third-order valence-electron chi connectivity index (χ3n) is 10.2. The minimum atomic E-state index is 0.884. The van der Waals surface area contributed by atoms with Crippen LogP contribution in [0.1, 0.15) is 0 Å². The van der Waals surface area contributed by atoms with Crippen molar-refractivity contribution in [2.75, 3.05) is 4.90 Å². The lowest BCUT2D eigenvalue weighted by atomic mass is 9.91. The van der Waals surface area contributed by atoms with Crippen molar-refractivity contribution in [1.82, 2.24) is 0 Å². The summed E-state index contributed by atoms with van der Waals surface area (Å²) in [6.45, 7) is 0. The Morgan fingerprint density at radius 3 is 1.52 bits per heavy atom. The Kier molecular flexibility index (Phi) is 7.18. The zero-order valence-corrected chi connectivity index (χ0v) is 28.4. The molecule has 0 aliphatic rings. The summed E-state index contributed by atoms with van der Waals surface area (Å²) < 4.78 is 6.64. The summed E-state index contributed by atoms with van der Waals surface area (Å²) in [5.74, 6) is 0. The largest absolute Gasteiger partial charge is 0.455 e. The van der Waals surface area contributed by atoms with E-state index in [4.69, 9.17) is 4.42 Å². The van der Waals surface area contributed by atoms with Crippen molar-refractivity contribution >= 4 is 60.5 Å². The Labute approximate surface area is 302 Å². The summed E-state index contributed by atoms with van der Waals surface area (Å²) in [4.78, 5) is 2.38. The molecule has 1 aromatic heterocycles. The number of rotatable bonds is 6. The predicted octanol–water partition coefficient (Wildman–Crippen LogP) is 14.4. The molecule has 2 nitrogen and oxygen atoms in total. The van der Waals surface area contributed by atoms with E-state index in [1.807, 2.05) is 6.07 Å². The van der Waals surface area contributed by atoms with Gasteiger partial charge in [-0.05, 0) is 85.9 Å². The van der Waals surface area contributed by atoms with Gasteiger partial charge in [0.05, 0.1) is 11.1 Å². The van der Waals surface area contributed by atoms with Gasteiger partial charge in [0.15, 0.2) is 0 Å². The fraction of sp³-hybridized carbons (Fsp3) is 0. The van der Waals surface area contributed by atoms with E-state index in [0.717, 1.165) is 49.8 Å². The molecule has 0 radical (unpaired) electrons. The van der Waals surface area contributed by atoms with Crippen LogP contribution in [0.15, 0.2) is 205 Å². The van der Waals surface area contributed by atoms with Gasteiger partial charge in [0.2, 0.25) is 0 Å². The highest BCUT2D eigenvalue weighted by Crippen LogP contribution is 2.46. The SMILES string of the molecule is c1ccc(-c2ccc(N(c3ccc(-c4cccc5cccc(-c6ccccc6)c45)cc3)c3cc4ccccc4c4oc5ccccc5c34)cc2)cc1. The Hall–Kier alpha value is -6.90. The van der Waals surface area contributed by atoms with Crippen molar-refractivity contribution < 1.29 is 4.42 Å². The smallest absolute Gasteiger partial charge is 0.145 e. The molecule has 0 N–H and O–H groups in total. The minimum Gasteiger partial charge on any atom is -0.455 e. The number of anilines is 3. The number of hydrogen-bond donors (Lipinski definition) is 0. The van der Waals surface area contributed by atoms with Gasteiger partial charge >= 0.3 is 0 Å². The molecule has 0 saturated heterocycles. The van der Waals surface area contributed by atoms with E-state index in [1.165, 1.54) is 44.2 Å². The molecular weight excluding hydrogens is 631 g/mol. The van der Waals surface area contributed by atoms with E-state index in [9.17, 15) is 0 Å². The molecule has 0 spiro atoms. The molecule has 9 aromatic carbocycles. The number of hydrogen-bond acceptors (Lipinski definition) is 2. The summed E-state index contributed by atoms with van der Waals surface area (Å²) in [6, 6.07) is 71.6. The van der Waals surface area contributed by atoms with Gasteiger partial charge in [0, 0.05) is 22.1 Å². The molecule has 0 amide bonds. The number of fused-ring (bicyclic) bond motifs is 6. The quantitative estimate of drug-likeness (QED) is 0.176. The van der Waals surface area contributed by atoms with Gasteiger partial charge in [-0.1, -0.05) is 164 Å². The van der Waals surface area contributed by atoms with Crippen LogP contribution in [0.2, 0.25) is 0 Å². The molecular formula is C50H33NO. The van der Waals surface area contributed by atoms with E-state index >= 15 is 0 Å². The summed E-state index contributed by atoms with van der Waals surface area (Å²) in [6.07, 6.45) is 0. The number of nitrogens with zero attached hydrogens (tertiary/aromatic N) is 1. The van der Waals surface area contributed by atoms with Crippen molar-refractivity contribution in [3.63, 3.8) is 0 Å². The molecule has 0 aliphatic carbocycles. The summed E-state index contributed by atoms with van der Waals surface area (Å²) >= 11 is 0. The van der Waals surface area contributed by atoms with Crippen molar-refractivity contribution in [1.29, 1.82) is 0 Å². The first kappa shape index (κ1) is 30.0. The van der Waals surface area contributed by atoms with Crippen molar-refractivity contribution in [3.8, 4) is 33.4 Å². The van der Waals surface area contributed by atoms with Gasteiger partial charge in [-0.25, -0.2) is 0 Å². The maximum absolute atomic E-state index is 6.64. The summed E-state index contributed by atoms with van der Waals surface area (Å²) in [7, 11) is 0. The highest BCUT2D eigenvalue weighted by atomic mass is 16.3. The standard InChI is InChI=1S/C50H33NO/c1-3-13-34(14-4-1)35-25-29-40(30-26-35)51(46-33-39-17-7-8-20-44(39)50-49(46)45-21-9-10-24-47(45)52-50)41-31-27-37(28-32-41)43-23-12-19-38-18-11-22-42(48(38)43)36-15-5-2-6-16-36/h1-33H. The first-order chi connectivity index (χ1) is 25.8. The monoisotopic (exact) mass is 663 g/mol. The zero-order valence-electron chi connectivity index (χ0n) is 28.4. The third kappa shape index (κ3) is 5.04. The second-order valence-electron chi connectivity index (χ2n) is 13.3. The molecule has 52 heavy (non-hydrogen) atoms. The summed E-state index contributed by atoms with van der Waals surface area (Å²) in [5, 5.41) is 6.94. The highest BCUT2D eigenvalue weighted by Gasteiger charge is 2.22. The Balaban J connectivity index is 1.18. The van der Waals surface area contributed by atoms with Crippen LogP contribution in [-0.2, 0) is 0 Å². The number of benzene rings is 9. The van der Waals surface area contributed by atoms with Gasteiger partial charge in [-0.2, -0.15) is 0 Å². The van der Waals surface area contributed by atoms with Gasteiger partial charge in [-0.15, -0.1) is 0 Å². The van der Waals surface area contributed by atoms with Gasteiger partial charge in [0.25, 0.3) is 0 Å². The normalized spacial score (nSPS) is 11.5. The maximum Gasteiger partial charge on any atom is 0.145 e. The van der Waals surface area contributed by atoms with Crippen molar-refractivity contribution in [2.24, 2.45) is 0 Å². The lowest BCUT2D eigenvalue weighted by Crippen LogP contribution is -2.10. The number of furan rings is 1. The molecule has 0 bridgehead atoms.